The summed E-state index contributed by atoms with van der Waals surface area (Å²) < 4.78 is 13.3. The van der Waals surface area contributed by atoms with Gasteiger partial charge in [-0.25, -0.2) is 9.37 Å². The van der Waals surface area contributed by atoms with Gasteiger partial charge in [0.2, 0.25) is 0 Å². The summed E-state index contributed by atoms with van der Waals surface area (Å²) in [6.45, 7) is 0.466. The molecule has 0 spiro atoms. The summed E-state index contributed by atoms with van der Waals surface area (Å²) in [6, 6.07) is 8.54. The third kappa shape index (κ3) is 4.47. The minimum atomic E-state index is -0.252. The largest absolute Gasteiger partial charge is 0.365 e. The SMILES string of the molecule is Fc1cccc(CNc2cncc(-c3cc(C4CCCCC4)ncc3Cl)n2)c1. The van der Waals surface area contributed by atoms with Crippen LogP contribution in [0.3, 0.4) is 0 Å². The zero-order chi connectivity index (χ0) is 19.3. The normalized spacial score (nSPS) is 14.8. The third-order valence-corrected chi connectivity index (χ3v) is 5.47. The molecule has 28 heavy (non-hydrogen) atoms. The van der Waals surface area contributed by atoms with Gasteiger partial charge in [0.15, 0.2) is 0 Å². The van der Waals surface area contributed by atoms with Gasteiger partial charge in [0.1, 0.15) is 11.6 Å². The number of rotatable bonds is 5. The van der Waals surface area contributed by atoms with Gasteiger partial charge >= 0.3 is 0 Å². The van der Waals surface area contributed by atoms with Gasteiger partial charge in [0.25, 0.3) is 0 Å². The summed E-state index contributed by atoms with van der Waals surface area (Å²) in [5.41, 5.74) is 3.47. The summed E-state index contributed by atoms with van der Waals surface area (Å²) in [6.07, 6.45) is 11.2. The maximum absolute atomic E-state index is 13.3. The second kappa shape index (κ2) is 8.65. The van der Waals surface area contributed by atoms with Gasteiger partial charge in [-0.3, -0.25) is 9.97 Å². The van der Waals surface area contributed by atoms with E-state index in [1.54, 1.807) is 24.7 Å². The van der Waals surface area contributed by atoms with Crippen molar-refractivity contribution in [1.82, 2.24) is 15.0 Å². The van der Waals surface area contributed by atoms with Crippen LogP contribution in [0.5, 0.6) is 0 Å². The Hall–Kier alpha value is -2.53. The fourth-order valence-corrected chi connectivity index (χ4v) is 3.89. The molecule has 0 saturated heterocycles. The van der Waals surface area contributed by atoms with Crippen molar-refractivity contribution < 1.29 is 4.39 Å². The van der Waals surface area contributed by atoms with Crippen molar-refractivity contribution in [1.29, 1.82) is 0 Å². The van der Waals surface area contributed by atoms with E-state index in [1.165, 1.54) is 44.2 Å². The molecule has 1 N–H and O–H groups in total. The predicted octanol–water partition coefficient (Wildman–Crippen LogP) is 5.99. The van der Waals surface area contributed by atoms with Gasteiger partial charge in [-0.1, -0.05) is 43.0 Å². The number of nitrogens with one attached hydrogen (secondary N) is 1. The number of anilines is 1. The quantitative estimate of drug-likeness (QED) is 0.575. The highest BCUT2D eigenvalue weighted by Crippen LogP contribution is 2.35. The molecule has 0 radical (unpaired) electrons. The van der Waals surface area contributed by atoms with Crippen LogP contribution >= 0.6 is 11.6 Å². The van der Waals surface area contributed by atoms with E-state index in [-0.39, 0.29) is 5.82 Å². The lowest BCUT2D eigenvalue weighted by molar-refractivity contribution is 0.437. The molecule has 1 aliphatic rings. The van der Waals surface area contributed by atoms with Crippen LogP contribution in [0, 0.1) is 5.82 Å². The highest BCUT2D eigenvalue weighted by Gasteiger charge is 2.19. The number of halogens is 2. The van der Waals surface area contributed by atoms with Crippen LogP contribution in [0.25, 0.3) is 11.3 Å². The third-order valence-electron chi connectivity index (χ3n) is 5.17. The molecule has 1 aromatic carbocycles. The molecule has 0 amide bonds. The van der Waals surface area contributed by atoms with Crippen molar-refractivity contribution in [3.05, 3.63) is 71.0 Å². The second-order valence-electron chi connectivity index (χ2n) is 7.20. The highest BCUT2D eigenvalue weighted by molar-refractivity contribution is 6.33. The lowest BCUT2D eigenvalue weighted by Gasteiger charge is -2.21. The summed E-state index contributed by atoms with van der Waals surface area (Å²) in [4.78, 5) is 13.5. The standard InChI is InChI=1S/C22H22ClFN4/c23-19-12-26-20(16-6-2-1-3-7-16)10-18(19)21-13-25-14-22(28-21)27-11-15-5-4-8-17(24)9-15/h4-5,8-10,12-14,16H,1-3,6-7,11H2,(H,27,28). The summed E-state index contributed by atoms with van der Waals surface area (Å²) >= 11 is 6.42. The molecule has 0 unspecified atom stereocenters. The molecule has 2 heterocycles. The van der Waals surface area contributed by atoms with Crippen molar-refractivity contribution in [2.75, 3.05) is 5.32 Å². The Morgan fingerprint density at radius 1 is 1.07 bits per heavy atom. The van der Waals surface area contributed by atoms with Gasteiger partial charge in [-0.05, 0) is 36.6 Å². The molecule has 0 atom stereocenters. The molecule has 1 saturated carbocycles. The molecule has 1 fully saturated rings. The maximum Gasteiger partial charge on any atom is 0.145 e. The fourth-order valence-electron chi connectivity index (χ4n) is 3.69. The Morgan fingerprint density at radius 3 is 2.75 bits per heavy atom. The van der Waals surface area contributed by atoms with E-state index in [0.717, 1.165) is 16.8 Å². The Morgan fingerprint density at radius 2 is 1.93 bits per heavy atom. The molecular weight excluding hydrogens is 375 g/mol. The first-order valence-corrected chi connectivity index (χ1v) is 10.0. The molecule has 1 aliphatic carbocycles. The molecular formula is C22H22ClFN4. The van der Waals surface area contributed by atoms with Crippen LogP contribution in [0.1, 0.15) is 49.3 Å². The highest BCUT2D eigenvalue weighted by atomic mass is 35.5. The van der Waals surface area contributed by atoms with Crippen molar-refractivity contribution >= 4 is 17.4 Å². The Bertz CT molecular complexity index is 957. The average molecular weight is 397 g/mol. The monoisotopic (exact) mass is 396 g/mol. The molecule has 144 valence electrons. The molecule has 0 bridgehead atoms. The van der Waals surface area contributed by atoms with Crippen LogP contribution in [-0.4, -0.2) is 15.0 Å². The minimum Gasteiger partial charge on any atom is -0.365 e. The summed E-state index contributed by atoms with van der Waals surface area (Å²) in [5, 5.41) is 3.76. The fraction of sp³-hybridized carbons (Fsp3) is 0.318. The number of hydrogen-bond acceptors (Lipinski definition) is 4. The number of pyridine rings is 1. The van der Waals surface area contributed by atoms with Crippen LogP contribution in [0.2, 0.25) is 5.02 Å². The maximum atomic E-state index is 13.3. The van der Waals surface area contributed by atoms with E-state index >= 15 is 0 Å². The first-order chi connectivity index (χ1) is 13.7. The molecule has 0 aliphatic heterocycles. The molecule has 6 heteroatoms. The van der Waals surface area contributed by atoms with Gasteiger partial charge in [-0.15, -0.1) is 0 Å². The second-order valence-corrected chi connectivity index (χ2v) is 7.60. The van der Waals surface area contributed by atoms with E-state index in [9.17, 15) is 4.39 Å². The number of aromatic nitrogens is 3. The number of nitrogens with zero attached hydrogens (tertiary/aromatic N) is 3. The van der Waals surface area contributed by atoms with E-state index in [1.807, 2.05) is 6.07 Å². The molecule has 3 aromatic rings. The smallest absolute Gasteiger partial charge is 0.145 e. The van der Waals surface area contributed by atoms with E-state index in [2.05, 4.69) is 26.3 Å². The van der Waals surface area contributed by atoms with E-state index in [4.69, 9.17) is 11.6 Å². The van der Waals surface area contributed by atoms with Crippen molar-refractivity contribution in [3.63, 3.8) is 0 Å². The van der Waals surface area contributed by atoms with E-state index in [0.29, 0.717) is 29.0 Å². The van der Waals surface area contributed by atoms with Gasteiger partial charge < -0.3 is 5.32 Å². The number of benzene rings is 1. The first-order valence-electron chi connectivity index (χ1n) is 9.65. The Kier molecular flexibility index (Phi) is 5.81. The minimum absolute atomic E-state index is 0.252. The van der Waals surface area contributed by atoms with Crippen LogP contribution in [0.4, 0.5) is 10.2 Å². The van der Waals surface area contributed by atoms with Crippen molar-refractivity contribution in [2.45, 2.75) is 44.6 Å². The van der Waals surface area contributed by atoms with E-state index < -0.39 is 0 Å². The summed E-state index contributed by atoms with van der Waals surface area (Å²) in [5.74, 6) is 0.860. The van der Waals surface area contributed by atoms with Gasteiger partial charge in [0, 0.05) is 29.9 Å². The summed E-state index contributed by atoms with van der Waals surface area (Å²) in [7, 11) is 0. The first kappa shape index (κ1) is 18.8. The van der Waals surface area contributed by atoms with Crippen LogP contribution < -0.4 is 5.32 Å². The zero-order valence-corrected chi connectivity index (χ0v) is 16.3. The molecule has 4 nitrogen and oxygen atoms in total. The zero-order valence-electron chi connectivity index (χ0n) is 15.5. The predicted molar refractivity (Wildman–Crippen MR) is 110 cm³/mol. The van der Waals surface area contributed by atoms with Crippen LogP contribution in [-0.2, 0) is 6.54 Å². The topological polar surface area (TPSA) is 50.7 Å². The number of hydrogen-bond donors (Lipinski definition) is 1. The Balaban J connectivity index is 1.55. The van der Waals surface area contributed by atoms with Gasteiger partial charge in [-0.2, -0.15) is 0 Å². The Labute approximate surface area is 169 Å². The lowest BCUT2D eigenvalue weighted by Crippen LogP contribution is -2.07. The van der Waals surface area contributed by atoms with Gasteiger partial charge in [0.05, 0.1) is 23.1 Å². The van der Waals surface area contributed by atoms with Crippen molar-refractivity contribution in [3.8, 4) is 11.3 Å². The lowest BCUT2D eigenvalue weighted by atomic mass is 9.86. The van der Waals surface area contributed by atoms with Crippen molar-refractivity contribution in [2.24, 2.45) is 0 Å². The van der Waals surface area contributed by atoms with Crippen LogP contribution in [0.15, 0.2) is 48.9 Å². The molecule has 2 aromatic heterocycles. The molecule has 4 rings (SSSR count). The average Bonchev–Trinajstić information content (AvgIpc) is 2.73.